The lowest BCUT2D eigenvalue weighted by Crippen LogP contribution is -2.43. The summed E-state index contributed by atoms with van der Waals surface area (Å²) < 4.78 is 9.22. The fourth-order valence-corrected chi connectivity index (χ4v) is 2.02. The zero-order valence-electron chi connectivity index (χ0n) is 14.4. The van der Waals surface area contributed by atoms with Gasteiger partial charge < -0.3 is 14.8 Å². The van der Waals surface area contributed by atoms with Crippen molar-refractivity contribution < 1.29 is 28.7 Å². The molecule has 0 aliphatic carbocycles. The van der Waals surface area contributed by atoms with Gasteiger partial charge in [0.05, 0.1) is 25.3 Å². The second-order valence-electron chi connectivity index (χ2n) is 5.05. The second kappa shape index (κ2) is 8.94. The number of nitrogens with one attached hydrogen (secondary N) is 3. The summed E-state index contributed by atoms with van der Waals surface area (Å²) in [7, 11) is 2.36. The van der Waals surface area contributed by atoms with E-state index in [0.717, 1.165) is 0 Å². The van der Waals surface area contributed by atoms with Crippen molar-refractivity contribution >= 4 is 29.6 Å². The highest BCUT2D eigenvalue weighted by Gasteiger charge is 2.15. The van der Waals surface area contributed by atoms with Crippen LogP contribution in [0.2, 0.25) is 0 Å². The fourth-order valence-electron chi connectivity index (χ4n) is 2.02. The van der Waals surface area contributed by atoms with Crippen LogP contribution >= 0.6 is 0 Å². The largest absolute Gasteiger partial charge is 0.465 e. The summed E-state index contributed by atoms with van der Waals surface area (Å²) in [5.74, 6) is -1.95. The average molecular weight is 372 g/mol. The van der Waals surface area contributed by atoms with Gasteiger partial charge in [0.1, 0.15) is 0 Å². The molecule has 2 aromatic rings. The Morgan fingerprint density at radius 3 is 1.89 bits per heavy atom. The van der Waals surface area contributed by atoms with Gasteiger partial charge >= 0.3 is 18.0 Å². The number of anilines is 1. The Hall–Kier alpha value is -3.95. The molecule has 0 saturated carbocycles. The Labute approximate surface area is 153 Å². The normalized spacial score (nSPS) is 9.70. The van der Waals surface area contributed by atoms with Crippen molar-refractivity contribution in [2.75, 3.05) is 19.5 Å². The molecule has 1 heterocycles. The van der Waals surface area contributed by atoms with Gasteiger partial charge in [-0.3, -0.25) is 15.2 Å². The van der Waals surface area contributed by atoms with Crippen LogP contribution in [0, 0.1) is 0 Å². The summed E-state index contributed by atoms with van der Waals surface area (Å²) >= 11 is 0. The molecular weight excluding hydrogens is 356 g/mol. The topological polar surface area (TPSA) is 136 Å². The number of hydrogen-bond acceptors (Lipinski definition) is 7. The molecule has 0 aliphatic heterocycles. The van der Waals surface area contributed by atoms with Crippen LogP contribution in [0.5, 0.6) is 0 Å². The van der Waals surface area contributed by atoms with Crippen LogP contribution in [-0.2, 0) is 9.47 Å². The third kappa shape index (κ3) is 5.26. The van der Waals surface area contributed by atoms with Crippen molar-refractivity contribution in [3.63, 3.8) is 0 Å². The Morgan fingerprint density at radius 2 is 1.37 bits per heavy atom. The Balaban J connectivity index is 2.08. The van der Waals surface area contributed by atoms with Crippen molar-refractivity contribution in [3.8, 4) is 0 Å². The maximum atomic E-state index is 12.0. The molecule has 0 aliphatic rings. The highest BCUT2D eigenvalue weighted by atomic mass is 16.5. The van der Waals surface area contributed by atoms with Crippen molar-refractivity contribution in [3.05, 3.63) is 59.4 Å². The molecule has 3 amide bonds. The minimum atomic E-state index is -0.796. The van der Waals surface area contributed by atoms with E-state index in [-0.39, 0.29) is 16.8 Å². The molecule has 3 N–H and O–H groups in total. The molecule has 27 heavy (non-hydrogen) atoms. The van der Waals surface area contributed by atoms with Gasteiger partial charge in [-0.25, -0.2) is 19.8 Å². The average Bonchev–Trinajstić information content (AvgIpc) is 2.71. The van der Waals surface area contributed by atoms with E-state index >= 15 is 0 Å². The van der Waals surface area contributed by atoms with Crippen LogP contribution in [0.4, 0.5) is 10.5 Å². The quantitative estimate of drug-likeness (QED) is 0.540. The summed E-state index contributed by atoms with van der Waals surface area (Å²) in [5, 5.41) is 2.39. The number of methoxy groups -OCH3 is 2. The molecule has 0 radical (unpaired) electrons. The van der Waals surface area contributed by atoms with Crippen LogP contribution < -0.4 is 16.2 Å². The zero-order valence-corrected chi connectivity index (χ0v) is 14.4. The molecule has 140 valence electrons. The maximum Gasteiger partial charge on any atom is 0.337 e. The summed E-state index contributed by atoms with van der Waals surface area (Å²) in [5.41, 5.74) is 4.85. The molecule has 1 aromatic heterocycles. The molecular formula is C17H16N4O6. The molecule has 10 heteroatoms. The van der Waals surface area contributed by atoms with Crippen molar-refractivity contribution in [1.82, 2.24) is 15.8 Å². The SMILES string of the molecule is COC(=O)c1cc(NC(=O)NNC(=O)c2ccncc2)cc(C(=O)OC)c1. The van der Waals surface area contributed by atoms with Gasteiger partial charge in [0.25, 0.3) is 5.91 Å². The lowest BCUT2D eigenvalue weighted by atomic mass is 10.1. The van der Waals surface area contributed by atoms with E-state index in [2.05, 4.69) is 30.6 Å². The molecule has 10 nitrogen and oxygen atoms in total. The fraction of sp³-hybridized carbons (Fsp3) is 0.118. The predicted octanol–water partition coefficient (Wildman–Crippen LogP) is 1.12. The van der Waals surface area contributed by atoms with E-state index in [1.165, 1.54) is 56.9 Å². The third-order valence-electron chi connectivity index (χ3n) is 3.27. The lowest BCUT2D eigenvalue weighted by Gasteiger charge is -2.11. The van der Waals surface area contributed by atoms with Gasteiger partial charge in [-0.15, -0.1) is 0 Å². The Kier molecular flexibility index (Phi) is 6.42. The van der Waals surface area contributed by atoms with E-state index < -0.39 is 23.9 Å². The highest BCUT2D eigenvalue weighted by Crippen LogP contribution is 2.17. The van der Waals surface area contributed by atoms with Crippen LogP contribution in [0.25, 0.3) is 0 Å². The molecule has 0 fully saturated rings. The zero-order chi connectivity index (χ0) is 19.8. The van der Waals surface area contributed by atoms with Crippen molar-refractivity contribution in [2.24, 2.45) is 0 Å². The van der Waals surface area contributed by atoms with Crippen LogP contribution in [0.3, 0.4) is 0 Å². The molecule has 0 atom stereocenters. The summed E-state index contributed by atoms with van der Waals surface area (Å²) in [6, 6.07) is 6.03. The van der Waals surface area contributed by atoms with Gasteiger partial charge in [0.15, 0.2) is 0 Å². The number of carbonyl (C=O) groups excluding carboxylic acids is 4. The van der Waals surface area contributed by atoms with Crippen LogP contribution in [0.1, 0.15) is 31.1 Å². The van der Waals surface area contributed by atoms with E-state index in [1.54, 1.807) is 0 Å². The Bertz CT molecular complexity index is 835. The van der Waals surface area contributed by atoms with E-state index in [1.807, 2.05) is 0 Å². The molecule has 0 saturated heterocycles. The molecule has 0 unspecified atom stereocenters. The third-order valence-corrected chi connectivity index (χ3v) is 3.27. The lowest BCUT2D eigenvalue weighted by molar-refractivity contribution is 0.0599. The minimum absolute atomic E-state index is 0.0384. The van der Waals surface area contributed by atoms with Crippen LogP contribution in [0.15, 0.2) is 42.7 Å². The number of rotatable bonds is 4. The number of benzene rings is 1. The number of esters is 2. The summed E-state index contributed by atoms with van der Waals surface area (Å²) in [4.78, 5) is 51.1. The van der Waals surface area contributed by atoms with E-state index in [9.17, 15) is 19.2 Å². The second-order valence-corrected chi connectivity index (χ2v) is 5.05. The maximum absolute atomic E-state index is 12.0. The first-order valence-corrected chi connectivity index (χ1v) is 7.53. The van der Waals surface area contributed by atoms with Crippen molar-refractivity contribution in [1.29, 1.82) is 0 Å². The molecule has 2 rings (SSSR count). The van der Waals surface area contributed by atoms with Gasteiger partial charge in [-0.05, 0) is 30.3 Å². The summed E-state index contributed by atoms with van der Waals surface area (Å²) in [6.07, 6.45) is 2.86. The van der Waals surface area contributed by atoms with Gasteiger partial charge in [-0.1, -0.05) is 0 Å². The van der Waals surface area contributed by atoms with Gasteiger partial charge in [0, 0.05) is 23.6 Å². The standard InChI is InChI=1S/C17H16N4O6/c1-26-15(23)11-7-12(16(24)27-2)9-13(8-11)19-17(25)21-20-14(22)10-3-5-18-6-4-10/h3-9H,1-2H3,(H,20,22)(H2,19,21,25). The number of hydrogen-bond donors (Lipinski definition) is 3. The smallest absolute Gasteiger partial charge is 0.337 e. The first kappa shape index (κ1) is 19.4. The Morgan fingerprint density at radius 1 is 0.815 bits per heavy atom. The molecule has 0 spiro atoms. The highest BCUT2D eigenvalue weighted by molar-refractivity contribution is 6.00. The van der Waals surface area contributed by atoms with Gasteiger partial charge in [0.2, 0.25) is 0 Å². The van der Waals surface area contributed by atoms with Gasteiger partial charge in [-0.2, -0.15) is 0 Å². The number of ether oxygens (including phenoxy) is 2. The number of hydrazine groups is 1. The number of pyridine rings is 1. The van der Waals surface area contributed by atoms with E-state index in [4.69, 9.17) is 0 Å². The minimum Gasteiger partial charge on any atom is -0.465 e. The predicted molar refractivity (Wildman–Crippen MR) is 93.0 cm³/mol. The number of amides is 3. The number of carbonyl (C=O) groups is 4. The number of nitrogens with zero attached hydrogens (tertiary/aromatic N) is 1. The van der Waals surface area contributed by atoms with Crippen LogP contribution in [-0.4, -0.2) is 43.1 Å². The monoisotopic (exact) mass is 372 g/mol. The number of aromatic nitrogens is 1. The van der Waals surface area contributed by atoms with E-state index in [0.29, 0.717) is 5.56 Å². The number of urea groups is 1. The molecule has 0 bridgehead atoms. The first-order valence-electron chi connectivity index (χ1n) is 7.53. The van der Waals surface area contributed by atoms with Crippen molar-refractivity contribution in [2.45, 2.75) is 0 Å². The molecule has 1 aromatic carbocycles. The summed E-state index contributed by atoms with van der Waals surface area (Å²) in [6.45, 7) is 0. The first-order chi connectivity index (χ1) is 12.9.